The SMILES string of the molecule is CCOC(=O)/C=c1/s/c(=C\c2ccc3ccccc3c2)c(=O)n1CC(=O)NCc1ccc2c(c1)OCO2. The van der Waals surface area contributed by atoms with Crippen LogP contribution in [0.4, 0.5) is 0 Å². The molecule has 3 aromatic carbocycles. The van der Waals surface area contributed by atoms with E-state index in [1.54, 1.807) is 25.1 Å². The van der Waals surface area contributed by atoms with E-state index in [-0.39, 0.29) is 38.0 Å². The molecule has 0 saturated heterocycles. The number of carbonyl (C=O) groups excluding carboxylic acids is 2. The van der Waals surface area contributed by atoms with Crippen LogP contribution in [-0.2, 0) is 27.4 Å². The molecule has 9 heteroatoms. The number of benzene rings is 3. The Morgan fingerprint density at radius 1 is 1.05 bits per heavy atom. The number of fused-ring (bicyclic) bond motifs is 2. The molecule has 1 aliphatic rings. The first kappa shape index (κ1) is 24.3. The highest BCUT2D eigenvalue weighted by molar-refractivity contribution is 7.07. The van der Waals surface area contributed by atoms with Crippen molar-refractivity contribution in [3.05, 3.63) is 91.3 Å². The zero-order valence-electron chi connectivity index (χ0n) is 20.1. The van der Waals surface area contributed by atoms with Crippen LogP contribution in [0, 0.1) is 0 Å². The maximum absolute atomic E-state index is 13.3. The average Bonchev–Trinajstić information content (AvgIpc) is 3.47. The number of thiazole rings is 1. The minimum absolute atomic E-state index is 0.171. The summed E-state index contributed by atoms with van der Waals surface area (Å²) in [6, 6.07) is 19.3. The standard InChI is InChI=1S/C28H24N2O6S/c1-2-34-27(32)14-26-30(16-25(31)29-15-19-8-10-22-23(12-19)36-17-35-22)28(33)24(37-26)13-18-7-9-20-5-3-4-6-21(20)11-18/h3-14H,2,15-17H2,1H3,(H,29,31)/b24-13-,26-14+. The summed E-state index contributed by atoms with van der Waals surface area (Å²) in [4.78, 5) is 38.2. The Hall–Kier alpha value is -4.37. The van der Waals surface area contributed by atoms with Gasteiger partial charge in [-0.2, -0.15) is 0 Å². The van der Waals surface area contributed by atoms with Crippen molar-refractivity contribution in [3.63, 3.8) is 0 Å². The van der Waals surface area contributed by atoms with Crippen LogP contribution < -0.4 is 29.5 Å². The summed E-state index contributed by atoms with van der Waals surface area (Å²) in [5, 5.41) is 4.97. The minimum Gasteiger partial charge on any atom is -0.463 e. The molecule has 0 saturated carbocycles. The number of nitrogens with one attached hydrogen (secondary N) is 1. The molecule has 0 unspecified atom stereocenters. The molecule has 0 aliphatic carbocycles. The lowest BCUT2D eigenvalue weighted by atomic mass is 10.1. The number of amides is 1. The average molecular weight is 517 g/mol. The van der Waals surface area contributed by atoms with Gasteiger partial charge in [-0.15, -0.1) is 11.3 Å². The van der Waals surface area contributed by atoms with Crippen LogP contribution in [0.15, 0.2) is 65.5 Å². The molecule has 2 heterocycles. The fourth-order valence-electron chi connectivity index (χ4n) is 3.98. The van der Waals surface area contributed by atoms with Crippen molar-refractivity contribution >= 4 is 46.1 Å². The summed E-state index contributed by atoms with van der Waals surface area (Å²) in [7, 11) is 0. The molecule has 37 heavy (non-hydrogen) atoms. The van der Waals surface area contributed by atoms with Crippen LogP contribution >= 0.6 is 11.3 Å². The van der Waals surface area contributed by atoms with Crippen molar-refractivity contribution in [2.45, 2.75) is 20.0 Å². The molecule has 5 rings (SSSR count). The molecule has 188 valence electrons. The highest BCUT2D eigenvalue weighted by Gasteiger charge is 2.15. The number of ether oxygens (including phenoxy) is 3. The van der Waals surface area contributed by atoms with Crippen LogP contribution in [0.1, 0.15) is 18.1 Å². The summed E-state index contributed by atoms with van der Waals surface area (Å²) in [5.74, 6) is 0.346. The zero-order chi connectivity index (χ0) is 25.8. The molecule has 0 fully saturated rings. The van der Waals surface area contributed by atoms with E-state index < -0.39 is 5.97 Å². The van der Waals surface area contributed by atoms with Gasteiger partial charge in [0, 0.05) is 6.54 Å². The van der Waals surface area contributed by atoms with Gasteiger partial charge in [-0.1, -0.05) is 42.5 Å². The molecule has 0 bridgehead atoms. The van der Waals surface area contributed by atoms with Gasteiger partial charge in [-0.25, -0.2) is 4.79 Å². The van der Waals surface area contributed by atoms with Crippen LogP contribution in [-0.4, -0.2) is 29.8 Å². The third kappa shape index (κ3) is 5.57. The van der Waals surface area contributed by atoms with Gasteiger partial charge < -0.3 is 19.5 Å². The van der Waals surface area contributed by atoms with Gasteiger partial charge in [0.05, 0.1) is 17.2 Å². The number of esters is 1. The van der Waals surface area contributed by atoms with Crippen molar-refractivity contribution in [2.24, 2.45) is 0 Å². The monoisotopic (exact) mass is 516 g/mol. The number of carbonyl (C=O) groups is 2. The van der Waals surface area contributed by atoms with Gasteiger partial charge in [0.1, 0.15) is 11.2 Å². The Morgan fingerprint density at radius 3 is 2.70 bits per heavy atom. The Kier molecular flexibility index (Phi) is 7.04. The maximum Gasteiger partial charge on any atom is 0.333 e. The predicted molar refractivity (Wildman–Crippen MR) is 141 cm³/mol. The van der Waals surface area contributed by atoms with Gasteiger partial charge >= 0.3 is 5.97 Å². The summed E-state index contributed by atoms with van der Waals surface area (Å²) in [6.07, 6.45) is 3.02. The smallest absolute Gasteiger partial charge is 0.333 e. The molecular formula is C28H24N2O6S. The predicted octanol–water partition coefficient (Wildman–Crippen LogP) is 2.28. The lowest BCUT2D eigenvalue weighted by Gasteiger charge is -2.07. The summed E-state index contributed by atoms with van der Waals surface area (Å²) >= 11 is 1.14. The largest absolute Gasteiger partial charge is 0.463 e. The highest BCUT2D eigenvalue weighted by atomic mass is 32.1. The third-order valence-electron chi connectivity index (χ3n) is 5.76. The van der Waals surface area contributed by atoms with E-state index in [4.69, 9.17) is 14.2 Å². The van der Waals surface area contributed by atoms with Crippen LogP contribution in [0.3, 0.4) is 0 Å². The lowest BCUT2D eigenvalue weighted by molar-refractivity contribution is -0.135. The molecular weight excluding hydrogens is 492 g/mol. The Balaban J connectivity index is 1.42. The number of nitrogens with zero attached hydrogens (tertiary/aromatic N) is 1. The lowest BCUT2D eigenvalue weighted by Crippen LogP contribution is -2.38. The second kappa shape index (κ2) is 10.7. The second-order valence-electron chi connectivity index (χ2n) is 8.31. The summed E-state index contributed by atoms with van der Waals surface area (Å²) in [6.45, 7) is 2.09. The van der Waals surface area contributed by atoms with Gasteiger partial charge in [0.25, 0.3) is 5.56 Å². The molecule has 4 aromatic rings. The van der Waals surface area contributed by atoms with Crippen molar-refractivity contribution in [3.8, 4) is 11.5 Å². The summed E-state index contributed by atoms with van der Waals surface area (Å²) in [5.41, 5.74) is 1.32. The first-order valence-electron chi connectivity index (χ1n) is 11.7. The Labute approximate surface area is 216 Å². The minimum atomic E-state index is -0.574. The molecule has 0 radical (unpaired) electrons. The number of aromatic nitrogens is 1. The topological polar surface area (TPSA) is 95.9 Å². The van der Waals surface area contributed by atoms with Gasteiger partial charge in [0.15, 0.2) is 11.5 Å². The van der Waals surface area contributed by atoms with Crippen molar-refractivity contribution in [2.75, 3.05) is 13.4 Å². The first-order valence-corrected chi connectivity index (χ1v) is 12.6. The van der Waals surface area contributed by atoms with Crippen LogP contribution in [0.5, 0.6) is 11.5 Å². The first-order chi connectivity index (χ1) is 18.0. The second-order valence-corrected chi connectivity index (χ2v) is 9.37. The highest BCUT2D eigenvalue weighted by Crippen LogP contribution is 2.32. The molecule has 8 nitrogen and oxygen atoms in total. The Bertz CT molecular complexity index is 1670. The fourth-order valence-corrected chi connectivity index (χ4v) is 5.01. The number of hydrogen-bond acceptors (Lipinski definition) is 7. The van der Waals surface area contributed by atoms with Crippen molar-refractivity contribution in [1.82, 2.24) is 9.88 Å². The van der Waals surface area contributed by atoms with Crippen molar-refractivity contribution in [1.29, 1.82) is 0 Å². The van der Waals surface area contributed by atoms with E-state index >= 15 is 0 Å². The maximum atomic E-state index is 13.3. The number of hydrogen-bond donors (Lipinski definition) is 1. The van der Waals surface area contributed by atoms with Crippen molar-refractivity contribution < 1.29 is 23.8 Å². The van der Waals surface area contributed by atoms with Crippen LogP contribution in [0.2, 0.25) is 0 Å². The molecule has 1 aliphatic heterocycles. The van der Waals surface area contributed by atoms with Gasteiger partial charge in [0.2, 0.25) is 12.7 Å². The van der Waals surface area contributed by atoms with E-state index in [9.17, 15) is 14.4 Å². The van der Waals surface area contributed by atoms with E-state index in [1.807, 2.05) is 48.5 Å². The van der Waals surface area contributed by atoms with Gasteiger partial charge in [-0.05, 0) is 53.1 Å². The molecule has 1 amide bonds. The van der Waals surface area contributed by atoms with E-state index in [0.29, 0.717) is 20.7 Å². The van der Waals surface area contributed by atoms with E-state index in [0.717, 1.165) is 33.2 Å². The Morgan fingerprint density at radius 2 is 1.86 bits per heavy atom. The third-order valence-corrected chi connectivity index (χ3v) is 6.82. The normalized spacial score (nSPS) is 13.2. The quantitative estimate of drug-likeness (QED) is 0.379. The zero-order valence-corrected chi connectivity index (χ0v) is 20.9. The fraction of sp³-hybridized carbons (Fsp3) is 0.179. The van der Waals surface area contributed by atoms with E-state index in [1.165, 1.54) is 10.6 Å². The molecule has 1 aromatic heterocycles. The van der Waals surface area contributed by atoms with E-state index in [2.05, 4.69) is 5.32 Å². The molecule has 0 atom stereocenters. The van der Waals surface area contributed by atoms with Crippen LogP contribution in [0.25, 0.3) is 22.9 Å². The molecule has 1 N–H and O–H groups in total. The summed E-state index contributed by atoms with van der Waals surface area (Å²) < 4.78 is 17.8. The van der Waals surface area contributed by atoms with Gasteiger partial charge in [-0.3, -0.25) is 14.2 Å². The number of rotatable bonds is 7. The molecule has 0 spiro atoms.